The van der Waals surface area contributed by atoms with Crippen molar-refractivity contribution in [2.45, 2.75) is 12.1 Å². The molecule has 0 heterocycles. The van der Waals surface area contributed by atoms with E-state index in [9.17, 15) is 9.50 Å². The topological polar surface area (TPSA) is 32.3 Å². The van der Waals surface area contributed by atoms with Gasteiger partial charge in [-0.05, 0) is 17.2 Å². The second-order valence-electron chi connectivity index (χ2n) is 5.79. The lowest BCUT2D eigenvalue weighted by molar-refractivity contribution is 0.0795. The van der Waals surface area contributed by atoms with E-state index >= 15 is 0 Å². The molecule has 2 N–H and O–H groups in total. The summed E-state index contributed by atoms with van der Waals surface area (Å²) in [6.07, 6.45) is 0. The Hall–Kier alpha value is -2.49. The maximum atomic E-state index is 13.8. The molecule has 0 bridgehead atoms. The van der Waals surface area contributed by atoms with Crippen LogP contribution in [-0.2, 0) is 12.1 Å². The van der Waals surface area contributed by atoms with Crippen LogP contribution in [0.25, 0.3) is 0 Å². The smallest absolute Gasteiger partial charge is 0.127 e. The summed E-state index contributed by atoms with van der Waals surface area (Å²) < 4.78 is 13.8. The minimum atomic E-state index is -1.17. The molecule has 0 aromatic heterocycles. The average Bonchev–Trinajstić information content (AvgIpc) is 2.64. The number of rotatable bonds is 6. The maximum Gasteiger partial charge on any atom is 0.127 e. The summed E-state index contributed by atoms with van der Waals surface area (Å²) in [5.41, 5.74) is 1.02. The number of aliphatic hydroxyl groups is 1. The van der Waals surface area contributed by atoms with E-state index in [2.05, 4.69) is 5.32 Å². The van der Waals surface area contributed by atoms with Crippen LogP contribution in [0.5, 0.6) is 0 Å². The number of benzene rings is 3. The highest BCUT2D eigenvalue weighted by molar-refractivity contribution is 5.36. The number of hydrogen-bond donors (Lipinski definition) is 2. The zero-order valence-electron chi connectivity index (χ0n) is 13.3. The van der Waals surface area contributed by atoms with Crippen LogP contribution in [0.15, 0.2) is 84.9 Å². The Morgan fingerprint density at radius 3 is 1.79 bits per heavy atom. The largest absolute Gasteiger partial charge is 0.379 e. The molecule has 3 heteroatoms. The van der Waals surface area contributed by atoms with Gasteiger partial charge in [-0.3, -0.25) is 0 Å². The van der Waals surface area contributed by atoms with Crippen molar-refractivity contribution in [3.8, 4) is 0 Å². The molecule has 0 fully saturated rings. The monoisotopic (exact) mass is 321 g/mol. The van der Waals surface area contributed by atoms with E-state index in [1.54, 1.807) is 18.2 Å². The molecule has 0 aliphatic carbocycles. The van der Waals surface area contributed by atoms with Gasteiger partial charge in [0.05, 0.1) is 0 Å². The molecule has 0 saturated heterocycles. The molecule has 2 nitrogen and oxygen atoms in total. The van der Waals surface area contributed by atoms with E-state index in [0.717, 1.165) is 11.1 Å². The van der Waals surface area contributed by atoms with Crippen LogP contribution in [0.4, 0.5) is 4.39 Å². The van der Waals surface area contributed by atoms with Crippen LogP contribution in [0.3, 0.4) is 0 Å². The molecule has 0 saturated carbocycles. The van der Waals surface area contributed by atoms with Gasteiger partial charge in [0.15, 0.2) is 0 Å². The molecule has 0 atom stereocenters. The summed E-state index contributed by atoms with van der Waals surface area (Å²) in [5.74, 6) is -0.243. The normalized spacial score (nSPS) is 11.4. The Morgan fingerprint density at radius 1 is 0.750 bits per heavy atom. The van der Waals surface area contributed by atoms with E-state index in [0.29, 0.717) is 12.1 Å². The van der Waals surface area contributed by atoms with Crippen LogP contribution >= 0.6 is 0 Å². The summed E-state index contributed by atoms with van der Waals surface area (Å²) in [7, 11) is 0. The van der Waals surface area contributed by atoms with E-state index in [1.165, 1.54) is 6.07 Å². The molecule has 24 heavy (non-hydrogen) atoms. The van der Waals surface area contributed by atoms with Crippen molar-refractivity contribution in [2.75, 3.05) is 6.54 Å². The van der Waals surface area contributed by atoms with Gasteiger partial charge >= 0.3 is 0 Å². The van der Waals surface area contributed by atoms with Crippen molar-refractivity contribution in [3.05, 3.63) is 107 Å². The Labute approximate surface area is 141 Å². The van der Waals surface area contributed by atoms with Gasteiger partial charge in [-0.15, -0.1) is 0 Å². The summed E-state index contributed by atoms with van der Waals surface area (Å²) in [6, 6.07) is 25.7. The summed E-state index contributed by atoms with van der Waals surface area (Å²) in [4.78, 5) is 0. The van der Waals surface area contributed by atoms with Gasteiger partial charge in [0, 0.05) is 18.7 Å². The first-order valence-electron chi connectivity index (χ1n) is 7.98. The Balaban J connectivity index is 1.82. The van der Waals surface area contributed by atoms with Gasteiger partial charge in [0.2, 0.25) is 0 Å². The fraction of sp³-hybridized carbons (Fsp3) is 0.143. The van der Waals surface area contributed by atoms with Crippen LogP contribution in [0, 0.1) is 5.82 Å². The Kier molecular flexibility index (Phi) is 5.04. The molecular weight excluding hydrogens is 301 g/mol. The molecule has 0 spiro atoms. The van der Waals surface area contributed by atoms with Crippen molar-refractivity contribution in [1.29, 1.82) is 0 Å². The van der Waals surface area contributed by atoms with E-state index in [4.69, 9.17) is 0 Å². The molecular formula is C21H20FNO. The van der Waals surface area contributed by atoms with Gasteiger partial charge < -0.3 is 10.4 Å². The van der Waals surface area contributed by atoms with Crippen LogP contribution < -0.4 is 5.32 Å². The third-order valence-corrected chi connectivity index (χ3v) is 4.16. The first kappa shape index (κ1) is 16.4. The zero-order valence-corrected chi connectivity index (χ0v) is 13.3. The summed E-state index contributed by atoms with van der Waals surface area (Å²) in [6.45, 7) is 0.643. The van der Waals surface area contributed by atoms with Crippen LogP contribution in [-0.4, -0.2) is 11.7 Å². The minimum Gasteiger partial charge on any atom is -0.379 e. The van der Waals surface area contributed by atoms with Crippen molar-refractivity contribution in [1.82, 2.24) is 5.32 Å². The van der Waals surface area contributed by atoms with Crippen LogP contribution in [0.2, 0.25) is 0 Å². The molecule has 0 radical (unpaired) electrons. The number of nitrogens with one attached hydrogen (secondary N) is 1. The highest BCUT2D eigenvalue weighted by Crippen LogP contribution is 2.29. The fourth-order valence-corrected chi connectivity index (χ4v) is 2.82. The lowest BCUT2D eigenvalue weighted by Crippen LogP contribution is -2.39. The van der Waals surface area contributed by atoms with Gasteiger partial charge in [-0.2, -0.15) is 0 Å². The molecule has 0 unspecified atom stereocenters. The van der Waals surface area contributed by atoms with Gasteiger partial charge in [-0.1, -0.05) is 78.9 Å². The van der Waals surface area contributed by atoms with Crippen molar-refractivity contribution < 1.29 is 9.50 Å². The maximum absolute atomic E-state index is 13.8. The van der Waals surface area contributed by atoms with Crippen molar-refractivity contribution in [3.63, 3.8) is 0 Å². The molecule has 3 aromatic rings. The third kappa shape index (κ3) is 3.53. The predicted octanol–water partition coefficient (Wildman–Crippen LogP) is 3.85. The van der Waals surface area contributed by atoms with E-state index < -0.39 is 5.60 Å². The number of hydrogen-bond acceptors (Lipinski definition) is 2. The van der Waals surface area contributed by atoms with E-state index in [-0.39, 0.29) is 12.4 Å². The second kappa shape index (κ2) is 7.39. The summed E-state index contributed by atoms with van der Waals surface area (Å²) in [5, 5.41) is 14.5. The minimum absolute atomic E-state index is 0.243. The second-order valence-corrected chi connectivity index (χ2v) is 5.79. The fourth-order valence-electron chi connectivity index (χ4n) is 2.82. The number of halogens is 1. The predicted molar refractivity (Wildman–Crippen MR) is 94.0 cm³/mol. The van der Waals surface area contributed by atoms with E-state index in [1.807, 2.05) is 60.7 Å². The molecule has 3 rings (SSSR count). The first-order chi connectivity index (χ1) is 11.7. The SMILES string of the molecule is OC(CNCc1ccccc1F)(c1ccccc1)c1ccccc1. The highest BCUT2D eigenvalue weighted by Gasteiger charge is 2.30. The molecule has 0 aliphatic rings. The molecule has 122 valence electrons. The van der Waals surface area contributed by atoms with Gasteiger partial charge in [0.1, 0.15) is 11.4 Å². The quantitative estimate of drug-likeness (QED) is 0.723. The molecule has 3 aromatic carbocycles. The standard InChI is InChI=1S/C21H20FNO/c22-20-14-8-7-9-17(20)15-23-16-21(24,18-10-3-1-4-11-18)19-12-5-2-6-13-19/h1-14,23-24H,15-16H2. The zero-order chi connectivity index (χ0) is 16.8. The van der Waals surface area contributed by atoms with Crippen molar-refractivity contribution >= 4 is 0 Å². The third-order valence-electron chi connectivity index (χ3n) is 4.16. The molecule has 0 aliphatic heterocycles. The Bertz CT molecular complexity index is 735. The van der Waals surface area contributed by atoms with Gasteiger partial charge in [0.25, 0.3) is 0 Å². The highest BCUT2D eigenvalue weighted by atomic mass is 19.1. The Morgan fingerprint density at radius 2 is 1.25 bits per heavy atom. The van der Waals surface area contributed by atoms with Crippen LogP contribution in [0.1, 0.15) is 16.7 Å². The van der Waals surface area contributed by atoms with Gasteiger partial charge in [-0.25, -0.2) is 4.39 Å². The lowest BCUT2D eigenvalue weighted by atomic mass is 9.86. The molecule has 0 amide bonds. The van der Waals surface area contributed by atoms with Crippen molar-refractivity contribution in [2.24, 2.45) is 0 Å². The lowest BCUT2D eigenvalue weighted by Gasteiger charge is -2.30. The average molecular weight is 321 g/mol. The summed E-state index contributed by atoms with van der Waals surface area (Å²) >= 11 is 0. The first-order valence-corrected chi connectivity index (χ1v) is 7.98.